The first-order valence-corrected chi connectivity index (χ1v) is 6.18. The molecule has 1 aliphatic carbocycles. The van der Waals surface area contributed by atoms with Crippen LogP contribution < -0.4 is 9.64 Å². The monoisotopic (exact) mass is 248 g/mol. The van der Waals surface area contributed by atoms with Gasteiger partial charge in [-0.3, -0.25) is 4.79 Å². The summed E-state index contributed by atoms with van der Waals surface area (Å²) in [6, 6.07) is 5.61. The van der Waals surface area contributed by atoms with Gasteiger partial charge in [0.25, 0.3) is 5.91 Å². The van der Waals surface area contributed by atoms with Crippen molar-refractivity contribution in [2.45, 2.75) is 18.9 Å². The van der Waals surface area contributed by atoms with Crippen molar-refractivity contribution < 1.29 is 9.53 Å². The van der Waals surface area contributed by atoms with Gasteiger partial charge in [-0.2, -0.15) is 0 Å². The molecule has 0 aliphatic heterocycles. The van der Waals surface area contributed by atoms with Crippen LogP contribution in [0, 0.1) is 0 Å². The normalized spacial score (nSPS) is 14.2. The molecule has 1 fully saturated rings. The standard InChI is InChI=1S/C14H20N2O2/c1-15(2)12-9-10(14(17)16(3)4)5-8-13(12)18-11-6-7-11/h5,8-9,11H,6-7H2,1-4H3. The van der Waals surface area contributed by atoms with E-state index in [1.54, 1.807) is 19.0 Å². The molecule has 0 aromatic heterocycles. The van der Waals surface area contributed by atoms with E-state index in [1.807, 2.05) is 37.2 Å². The molecular weight excluding hydrogens is 228 g/mol. The minimum atomic E-state index is 0.0103. The fourth-order valence-electron chi connectivity index (χ4n) is 1.72. The molecule has 0 heterocycles. The van der Waals surface area contributed by atoms with Gasteiger partial charge in [-0.15, -0.1) is 0 Å². The molecule has 1 amide bonds. The largest absolute Gasteiger partial charge is 0.488 e. The number of benzene rings is 1. The van der Waals surface area contributed by atoms with E-state index in [2.05, 4.69) is 0 Å². The summed E-state index contributed by atoms with van der Waals surface area (Å²) in [5.41, 5.74) is 1.64. The Bertz CT molecular complexity index is 451. The van der Waals surface area contributed by atoms with Gasteiger partial charge < -0.3 is 14.5 Å². The van der Waals surface area contributed by atoms with Crippen LogP contribution in [0.2, 0.25) is 0 Å². The molecule has 4 heteroatoms. The summed E-state index contributed by atoms with van der Waals surface area (Å²) in [4.78, 5) is 15.5. The molecule has 0 radical (unpaired) electrons. The lowest BCUT2D eigenvalue weighted by Gasteiger charge is -2.19. The highest BCUT2D eigenvalue weighted by Crippen LogP contribution is 2.34. The molecule has 0 N–H and O–H groups in total. The Labute approximate surface area is 108 Å². The molecule has 0 unspecified atom stereocenters. The second-order valence-electron chi connectivity index (χ2n) is 5.09. The maximum Gasteiger partial charge on any atom is 0.253 e. The molecule has 0 saturated heterocycles. The van der Waals surface area contributed by atoms with Crippen molar-refractivity contribution in [1.82, 2.24) is 4.90 Å². The second kappa shape index (κ2) is 4.88. The van der Waals surface area contributed by atoms with Crippen molar-refractivity contribution in [3.05, 3.63) is 23.8 Å². The average molecular weight is 248 g/mol. The maximum absolute atomic E-state index is 11.9. The molecule has 0 bridgehead atoms. The van der Waals surface area contributed by atoms with Crippen molar-refractivity contribution in [2.75, 3.05) is 33.1 Å². The van der Waals surface area contributed by atoms with E-state index >= 15 is 0 Å². The highest BCUT2D eigenvalue weighted by Gasteiger charge is 2.25. The van der Waals surface area contributed by atoms with E-state index in [9.17, 15) is 4.79 Å². The third kappa shape index (κ3) is 2.75. The Morgan fingerprint density at radius 2 is 1.89 bits per heavy atom. The maximum atomic E-state index is 11.9. The Balaban J connectivity index is 2.29. The van der Waals surface area contributed by atoms with Crippen LogP contribution in [0.1, 0.15) is 23.2 Å². The van der Waals surface area contributed by atoms with Crippen LogP contribution in [-0.2, 0) is 0 Å². The van der Waals surface area contributed by atoms with Gasteiger partial charge in [0.05, 0.1) is 11.8 Å². The number of ether oxygens (including phenoxy) is 1. The van der Waals surface area contributed by atoms with Gasteiger partial charge in [0.15, 0.2) is 0 Å². The molecule has 1 aromatic carbocycles. The van der Waals surface area contributed by atoms with Crippen LogP contribution in [0.3, 0.4) is 0 Å². The number of carbonyl (C=O) groups is 1. The third-order valence-electron chi connectivity index (χ3n) is 2.91. The zero-order chi connectivity index (χ0) is 13.3. The van der Waals surface area contributed by atoms with Crippen molar-refractivity contribution >= 4 is 11.6 Å². The van der Waals surface area contributed by atoms with Crippen LogP contribution in [-0.4, -0.2) is 45.1 Å². The summed E-state index contributed by atoms with van der Waals surface area (Å²) in [6.45, 7) is 0. The molecular formula is C14H20N2O2. The summed E-state index contributed by atoms with van der Waals surface area (Å²) in [6.07, 6.45) is 2.62. The van der Waals surface area contributed by atoms with E-state index < -0.39 is 0 Å². The summed E-state index contributed by atoms with van der Waals surface area (Å²) < 4.78 is 5.85. The number of amides is 1. The van der Waals surface area contributed by atoms with E-state index in [4.69, 9.17) is 4.74 Å². The lowest BCUT2D eigenvalue weighted by molar-refractivity contribution is 0.0827. The first-order valence-electron chi connectivity index (χ1n) is 6.18. The van der Waals surface area contributed by atoms with Gasteiger partial charge >= 0.3 is 0 Å². The van der Waals surface area contributed by atoms with Crippen LogP contribution in [0.15, 0.2) is 18.2 Å². The van der Waals surface area contributed by atoms with Crippen LogP contribution in [0.5, 0.6) is 5.75 Å². The van der Waals surface area contributed by atoms with Gasteiger partial charge in [0.2, 0.25) is 0 Å². The smallest absolute Gasteiger partial charge is 0.253 e. The van der Waals surface area contributed by atoms with E-state index in [1.165, 1.54) is 0 Å². The van der Waals surface area contributed by atoms with Gasteiger partial charge in [0.1, 0.15) is 5.75 Å². The number of hydrogen-bond acceptors (Lipinski definition) is 3. The number of nitrogens with zero attached hydrogens (tertiary/aromatic N) is 2. The van der Waals surface area contributed by atoms with Gasteiger partial charge in [-0.1, -0.05) is 0 Å². The second-order valence-corrected chi connectivity index (χ2v) is 5.09. The Morgan fingerprint density at radius 1 is 1.22 bits per heavy atom. The quantitative estimate of drug-likeness (QED) is 0.817. The third-order valence-corrected chi connectivity index (χ3v) is 2.91. The van der Waals surface area contributed by atoms with E-state index in [-0.39, 0.29) is 5.91 Å². The van der Waals surface area contributed by atoms with Crippen LogP contribution >= 0.6 is 0 Å². The predicted octanol–water partition coefficient (Wildman–Crippen LogP) is 2.00. The van der Waals surface area contributed by atoms with Crippen molar-refractivity contribution in [3.8, 4) is 5.75 Å². The average Bonchev–Trinajstić information content (AvgIpc) is 3.12. The van der Waals surface area contributed by atoms with E-state index in [0.29, 0.717) is 11.7 Å². The SMILES string of the molecule is CN(C)C(=O)c1ccc(OC2CC2)c(N(C)C)c1. The zero-order valence-corrected chi connectivity index (χ0v) is 11.4. The Morgan fingerprint density at radius 3 is 2.39 bits per heavy atom. The molecule has 18 heavy (non-hydrogen) atoms. The topological polar surface area (TPSA) is 32.8 Å². The summed E-state index contributed by atoms with van der Waals surface area (Å²) in [5, 5.41) is 0. The Hall–Kier alpha value is -1.71. The fourth-order valence-corrected chi connectivity index (χ4v) is 1.72. The van der Waals surface area contributed by atoms with Gasteiger partial charge in [0, 0.05) is 33.8 Å². The van der Waals surface area contributed by atoms with Crippen molar-refractivity contribution in [2.24, 2.45) is 0 Å². The molecule has 1 aromatic rings. The first kappa shape index (κ1) is 12.7. The number of anilines is 1. The molecule has 0 spiro atoms. The highest BCUT2D eigenvalue weighted by atomic mass is 16.5. The van der Waals surface area contributed by atoms with Crippen molar-refractivity contribution in [1.29, 1.82) is 0 Å². The van der Waals surface area contributed by atoms with Crippen LogP contribution in [0.4, 0.5) is 5.69 Å². The molecule has 98 valence electrons. The lowest BCUT2D eigenvalue weighted by Crippen LogP contribution is -2.22. The number of rotatable bonds is 4. The van der Waals surface area contributed by atoms with Crippen molar-refractivity contribution in [3.63, 3.8) is 0 Å². The Kier molecular flexibility index (Phi) is 3.45. The molecule has 1 aliphatic rings. The molecule has 2 rings (SSSR count). The minimum absolute atomic E-state index is 0.0103. The predicted molar refractivity (Wildman–Crippen MR) is 72.4 cm³/mol. The highest BCUT2D eigenvalue weighted by molar-refractivity contribution is 5.95. The lowest BCUT2D eigenvalue weighted by atomic mass is 10.1. The van der Waals surface area contributed by atoms with E-state index in [0.717, 1.165) is 24.3 Å². The van der Waals surface area contributed by atoms with Gasteiger partial charge in [-0.05, 0) is 31.0 Å². The fraction of sp³-hybridized carbons (Fsp3) is 0.500. The summed E-state index contributed by atoms with van der Waals surface area (Å²) in [7, 11) is 7.43. The summed E-state index contributed by atoms with van der Waals surface area (Å²) in [5.74, 6) is 0.869. The molecule has 4 nitrogen and oxygen atoms in total. The van der Waals surface area contributed by atoms with Crippen LogP contribution in [0.25, 0.3) is 0 Å². The zero-order valence-electron chi connectivity index (χ0n) is 11.4. The van der Waals surface area contributed by atoms with Gasteiger partial charge in [-0.25, -0.2) is 0 Å². The summed E-state index contributed by atoms with van der Waals surface area (Å²) >= 11 is 0. The number of hydrogen-bond donors (Lipinski definition) is 0. The minimum Gasteiger partial charge on any atom is -0.488 e. The molecule has 1 saturated carbocycles. The molecule has 0 atom stereocenters. The first-order chi connectivity index (χ1) is 8.49. The number of carbonyl (C=O) groups excluding carboxylic acids is 1.